The Morgan fingerprint density at radius 3 is 2.04 bits per heavy atom. The number of aryl methyl sites for hydroxylation is 2. The molecule has 0 spiro atoms. The maximum atomic E-state index is 12.0. The molecule has 1 heterocycles. The standard InChI is InChI=1S/C30H38N8O5S2/c1-7-44(39,40)17-15-33-30-28(22(5)27(31)29(34-30)32-14-9-16-43-6)38-37-26-19-20(3)25(18-21(26)4)36-35-23-10-12-24(13-11-23)45(41,42)8-2/h7-8,10-13,18-19H,1-2,9,14-17,31H2,3-6H3,(H2,32,33,34)/b36-35+,38-37+. The van der Waals surface area contributed by atoms with Crippen LogP contribution in [0.25, 0.3) is 0 Å². The molecule has 0 fully saturated rings. The highest BCUT2D eigenvalue weighted by Gasteiger charge is 2.17. The van der Waals surface area contributed by atoms with Crippen molar-refractivity contribution in [3.8, 4) is 0 Å². The normalized spacial score (nSPS) is 12.1. The summed E-state index contributed by atoms with van der Waals surface area (Å²) >= 11 is 0. The SMILES string of the molecule is C=CS(=O)(=O)CCNc1nc(NCCCOC)c(N)c(C)c1/N=N/c1cc(C)c(/N=N/c2ccc(S(=O)(=O)C=C)cc2)cc1C. The molecule has 240 valence electrons. The van der Waals surface area contributed by atoms with Crippen molar-refractivity contribution in [2.24, 2.45) is 20.5 Å². The predicted molar refractivity (Wildman–Crippen MR) is 179 cm³/mol. The first-order chi connectivity index (χ1) is 21.3. The zero-order chi connectivity index (χ0) is 33.2. The molecule has 15 heteroatoms. The number of sulfone groups is 2. The van der Waals surface area contributed by atoms with Crippen molar-refractivity contribution in [2.75, 3.05) is 48.9 Å². The van der Waals surface area contributed by atoms with Crippen LogP contribution in [0.15, 0.2) is 85.7 Å². The number of anilines is 3. The van der Waals surface area contributed by atoms with Gasteiger partial charge >= 0.3 is 0 Å². The molecule has 0 aliphatic carbocycles. The number of benzene rings is 2. The minimum atomic E-state index is -3.53. The molecule has 0 atom stereocenters. The molecular formula is C30H38N8O5S2. The highest BCUT2D eigenvalue weighted by molar-refractivity contribution is 7.94. The number of nitrogens with two attached hydrogens (primary N) is 1. The molecule has 0 unspecified atom stereocenters. The van der Waals surface area contributed by atoms with Gasteiger partial charge in [-0.2, -0.15) is 15.3 Å². The van der Waals surface area contributed by atoms with E-state index in [2.05, 4.69) is 49.2 Å². The van der Waals surface area contributed by atoms with E-state index < -0.39 is 19.7 Å². The van der Waals surface area contributed by atoms with Crippen molar-refractivity contribution in [1.29, 1.82) is 0 Å². The summed E-state index contributed by atoms with van der Waals surface area (Å²) in [5.74, 6) is 0.585. The number of rotatable bonds is 16. The third kappa shape index (κ3) is 9.51. The molecule has 0 aliphatic rings. The quantitative estimate of drug-likeness (QED) is 0.111. The smallest absolute Gasteiger partial charge is 0.199 e. The molecule has 4 N–H and O–H groups in total. The number of nitrogens with one attached hydrogen (secondary N) is 2. The van der Waals surface area contributed by atoms with E-state index in [0.29, 0.717) is 58.8 Å². The molecule has 45 heavy (non-hydrogen) atoms. The molecule has 3 rings (SSSR count). The van der Waals surface area contributed by atoms with E-state index in [0.717, 1.165) is 28.4 Å². The van der Waals surface area contributed by atoms with Crippen LogP contribution in [-0.4, -0.2) is 54.4 Å². The molecular weight excluding hydrogens is 617 g/mol. The van der Waals surface area contributed by atoms with Gasteiger partial charge in [0.25, 0.3) is 0 Å². The fourth-order valence-corrected chi connectivity index (χ4v) is 5.18. The van der Waals surface area contributed by atoms with Gasteiger partial charge in [-0.1, -0.05) is 13.2 Å². The van der Waals surface area contributed by atoms with E-state index in [4.69, 9.17) is 10.5 Å². The van der Waals surface area contributed by atoms with Gasteiger partial charge in [0.05, 0.1) is 33.4 Å². The Kier molecular flexibility index (Phi) is 12.1. The number of hydrogen-bond acceptors (Lipinski definition) is 13. The second-order valence-electron chi connectivity index (χ2n) is 9.96. The minimum absolute atomic E-state index is 0.0704. The van der Waals surface area contributed by atoms with E-state index >= 15 is 0 Å². The fourth-order valence-electron chi connectivity index (χ4n) is 3.92. The van der Waals surface area contributed by atoms with Gasteiger partial charge in [-0.15, -0.1) is 5.11 Å². The lowest BCUT2D eigenvalue weighted by molar-refractivity contribution is 0.198. The molecule has 0 radical (unpaired) electrons. The van der Waals surface area contributed by atoms with Crippen LogP contribution in [0.3, 0.4) is 0 Å². The van der Waals surface area contributed by atoms with Crippen LogP contribution in [0.2, 0.25) is 0 Å². The fraction of sp³-hybridized carbons (Fsp3) is 0.300. The van der Waals surface area contributed by atoms with Gasteiger partial charge in [-0.05, 0) is 74.7 Å². The Morgan fingerprint density at radius 2 is 1.47 bits per heavy atom. The monoisotopic (exact) mass is 654 g/mol. The lowest BCUT2D eigenvalue weighted by atomic mass is 10.1. The summed E-state index contributed by atoms with van der Waals surface area (Å²) in [6.45, 7) is 13.4. The maximum Gasteiger partial charge on any atom is 0.199 e. The van der Waals surface area contributed by atoms with Crippen LogP contribution >= 0.6 is 0 Å². The average Bonchev–Trinajstić information content (AvgIpc) is 3.02. The van der Waals surface area contributed by atoms with Crippen LogP contribution in [0.1, 0.15) is 23.1 Å². The van der Waals surface area contributed by atoms with Gasteiger partial charge in [0.1, 0.15) is 5.69 Å². The zero-order valence-corrected chi connectivity index (χ0v) is 27.4. The second kappa shape index (κ2) is 15.5. The number of azo groups is 2. The largest absolute Gasteiger partial charge is 0.395 e. The van der Waals surface area contributed by atoms with Gasteiger partial charge in [0.2, 0.25) is 0 Å². The maximum absolute atomic E-state index is 12.0. The number of pyridine rings is 1. The Balaban J connectivity index is 1.90. The van der Waals surface area contributed by atoms with Gasteiger partial charge in [0, 0.05) is 43.2 Å². The van der Waals surface area contributed by atoms with Crippen molar-refractivity contribution >= 4 is 59.7 Å². The number of nitrogens with zero attached hydrogens (tertiary/aromatic N) is 5. The molecule has 0 aliphatic heterocycles. The van der Waals surface area contributed by atoms with Crippen LogP contribution in [-0.2, 0) is 24.4 Å². The molecule has 0 bridgehead atoms. The van der Waals surface area contributed by atoms with Gasteiger partial charge < -0.3 is 21.1 Å². The first-order valence-electron chi connectivity index (χ1n) is 13.9. The Labute approximate surface area is 264 Å². The summed E-state index contributed by atoms with van der Waals surface area (Å²) in [5, 5.41) is 25.6. The second-order valence-corrected chi connectivity index (χ2v) is 13.9. The lowest BCUT2D eigenvalue weighted by Gasteiger charge is -2.16. The van der Waals surface area contributed by atoms with Gasteiger partial charge in [0.15, 0.2) is 31.3 Å². The van der Waals surface area contributed by atoms with Crippen LogP contribution < -0.4 is 16.4 Å². The molecule has 1 aromatic heterocycles. The summed E-state index contributed by atoms with van der Waals surface area (Å²) in [4.78, 5) is 4.71. The van der Waals surface area contributed by atoms with Crippen molar-refractivity contribution in [1.82, 2.24) is 4.98 Å². The summed E-state index contributed by atoms with van der Waals surface area (Å²) in [7, 11) is -5.34. The number of aromatic nitrogens is 1. The van der Waals surface area contributed by atoms with Crippen molar-refractivity contribution < 1.29 is 21.6 Å². The third-order valence-corrected chi connectivity index (χ3v) is 9.29. The van der Waals surface area contributed by atoms with E-state index in [1.807, 2.05) is 26.0 Å². The number of hydrogen-bond donors (Lipinski definition) is 3. The molecule has 3 aromatic rings. The molecule has 0 saturated heterocycles. The average molecular weight is 655 g/mol. The number of ether oxygens (including phenoxy) is 1. The van der Waals surface area contributed by atoms with Crippen molar-refractivity contribution in [3.63, 3.8) is 0 Å². The van der Waals surface area contributed by atoms with Crippen molar-refractivity contribution in [3.05, 3.63) is 77.1 Å². The molecule has 0 amide bonds. The third-order valence-electron chi connectivity index (χ3n) is 6.64. The summed E-state index contributed by atoms with van der Waals surface area (Å²) < 4.78 is 52.9. The summed E-state index contributed by atoms with van der Waals surface area (Å²) in [6, 6.07) is 9.64. The molecule has 0 saturated carbocycles. The first-order valence-corrected chi connectivity index (χ1v) is 17.1. The van der Waals surface area contributed by atoms with Crippen LogP contribution in [0.5, 0.6) is 0 Å². The highest BCUT2D eigenvalue weighted by Crippen LogP contribution is 2.38. The zero-order valence-electron chi connectivity index (χ0n) is 25.7. The predicted octanol–water partition coefficient (Wildman–Crippen LogP) is 6.76. The molecule has 13 nitrogen and oxygen atoms in total. The van der Waals surface area contributed by atoms with E-state index in [1.54, 1.807) is 26.2 Å². The Morgan fingerprint density at radius 1 is 0.867 bits per heavy atom. The lowest BCUT2D eigenvalue weighted by Crippen LogP contribution is -2.16. The Hall–Kier alpha value is -4.47. The van der Waals surface area contributed by atoms with Crippen LogP contribution in [0, 0.1) is 20.8 Å². The number of methoxy groups -OCH3 is 1. The van der Waals surface area contributed by atoms with E-state index in [-0.39, 0.29) is 17.2 Å². The van der Waals surface area contributed by atoms with Gasteiger partial charge in [-0.3, -0.25) is 0 Å². The number of nitrogen functional groups attached to an aromatic ring is 1. The van der Waals surface area contributed by atoms with E-state index in [1.165, 1.54) is 12.1 Å². The van der Waals surface area contributed by atoms with E-state index in [9.17, 15) is 16.8 Å². The Bertz CT molecular complexity index is 1820. The highest BCUT2D eigenvalue weighted by atomic mass is 32.2. The first kappa shape index (κ1) is 35.0. The molecule has 2 aromatic carbocycles. The van der Waals surface area contributed by atoms with Crippen LogP contribution in [0.4, 0.5) is 40.1 Å². The van der Waals surface area contributed by atoms with Crippen molar-refractivity contribution in [2.45, 2.75) is 32.1 Å². The minimum Gasteiger partial charge on any atom is -0.395 e. The van der Waals surface area contributed by atoms with Gasteiger partial charge in [-0.25, -0.2) is 21.8 Å². The summed E-state index contributed by atoms with van der Waals surface area (Å²) in [5.41, 5.74) is 11.0. The summed E-state index contributed by atoms with van der Waals surface area (Å²) in [6.07, 6.45) is 0.735. The topological polar surface area (TPSA) is 190 Å².